The monoisotopic (exact) mass is 960 g/mol. The summed E-state index contributed by atoms with van der Waals surface area (Å²) in [5, 5.41) is 38.0. The van der Waals surface area contributed by atoms with Crippen LogP contribution in [0.5, 0.6) is 11.5 Å². The van der Waals surface area contributed by atoms with Crippen molar-refractivity contribution in [3.05, 3.63) is 108 Å². The van der Waals surface area contributed by atoms with Crippen LogP contribution in [0.25, 0.3) is 0 Å². The third kappa shape index (κ3) is 28.1. The van der Waals surface area contributed by atoms with Gasteiger partial charge in [0.2, 0.25) is 0 Å². The van der Waals surface area contributed by atoms with Gasteiger partial charge in [-0.05, 0) is 161 Å². The molecule has 4 aromatic rings. The third-order valence-electron chi connectivity index (χ3n) is 10.3. The summed E-state index contributed by atoms with van der Waals surface area (Å²) in [4.78, 5) is 20.7. The molecule has 0 fully saturated rings. The number of carboxylic acid groups (broad SMARTS) is 2. The van der Waals surface area contributed by atoms with Crippen LogP contribution >= 0.6 is 0 Å². The molecule has 0 aliphatic heterocycles. The molecule has 0 spiro atoms. The van der Waals surface area contributed by atoms with Crippen LogP contribution in [0.3, 0.4) is 0 Å². The number of aryl methyl sites for hydroxylation is 2. The van der Waals surface area contributed by atoms with Gasteiger partial charge >= 0.3 is 27.3 Å². The first-order chi connectivity index (χ1) is 30.3. The molecule has 0 aromatic heterocycles. The fourth-order valence-electron chi connectivity index (χ4n) is 6.60. The van der Waals surface area contributed by atoms with Crippen molar-refractivity contribution < 1.29 is 56.6 Å². The number of unbranched alkanes of at least 4 members (excludes halogenated alkanes) is 14. The Hall–Kier alpha value is -4.46. The molecule has 4 aromatic carbocycles. The van der Waals surface area contributed by atoms with E-state index in [0.717, 1.165) is 72.8 Å². The van der Waals surface area contributed by atoms with Crippen molar-refractivity contribution in [2.45, 2.75) is 155 Å². The summed E-state index contributed by atoms with van der Waals surface area (Å²) >= 11 is 0. The molecular formula is C52H70CdN4O6. The van der Waals surface area contributed by atoms with Crippen molar-refractivity contribution in [2.24, 2.45) is 20.5 Å². The number of carboxylic acids is 2. The van der Waals surface area contributed by atoms with Gasteiger partial charge in [-0.25, -0.2) is 0 Å². The molecule has 11 heteroatoms. The van der Waals surface area contributed by atoms with Crippen LogP contribution in [0.2, 0.25) is 0 Å². The van der Waals surface area contributed by atoms with Crippen molar-refractivity contribution >= 4 is 34.7 Å². The van der Waals surface area contributed by atoms with E-state index in [-0.39, 0.29) is 40.1 Å². The third-order valence-corrected chi connectivity index (χ3v) is 10.3. The molecule has 0 saturated carbocycles. The number of benzene rings is 4. The predicted octanol–water partition coefficient (Wildman–Crippen LogP) is 13.4. The van der Waals surface area contributed by atoms with Crippen molar-refractivity contribution in [1.82, 2.24) is 0 Å². The molecule has 0 saturated heterocycles. The average Bonchev–Trinajstić information content (AvgIpc) is 3.28. The van der Waals surface area contributed by atoms with Gasteiger partial charge in [0.15, 0.2) is 0 Å². The van der Waals surface area contributed by atoms with E-state index in [1.165, 1.54) is 88.2 Å². The number of hydrogen-bond donors (Lipinski definition) is 0. The van der Waals surface area contributed by atoms with Crippen LogP contribution in [-0.2, 0) is 49.7 Å². The maximum absolute atomic E-state index is 10.4. The zero-order valence-corrected chi connectivity index (χ0v) is 42.2. The number of aliphatic carboxylic acids is 2. The Balaban J connectivity index is 0.000000427. The van der Waals surface area contributed by atoms with Crippen molar-refractivity contribution in [3.63, 3.8) is 0 Å². The quantitative estimate of drug-likeness (QED) is 0.0270. The molecule has 0 heterocycles. The molecule has 336 valence electrons. The van der Waals surface area contributed by atoms with E-state index >= 15 is 0 Å². The average molecular weight is 960 g/mol. The molecule has 0 unspecified atom stereocenters. The fraction of sp³-hybridized carbons (Fsp3) is 0.500. The summed E-state index contributed by atoms with van der Waals surface area (Å²) in [5.41, 5.74) is 5.97. The van der Waals surface area contributed by atoms with Gasteiger partial charge in [0.05, 0.1) is 36.0 Å². The summed E-state index contributed by atoms with van der Waals surface area (Å²) in [6, 6.07) is 31.7. The van der Waals surface area contributed by atoms with E-state index in [0.29, 0.717) is 26.1 Å². The maximum Gasteiger partial charge on any atom is 2.00 e. The van der Waals surface area contributed by atoms with Gasteiger partial charge in [0.25, 0.3) is 0 Å². The maximum atomic E-state index is 10.4. The Morgan fingerprint density at radius 2 is 0.683 bits per heavy atom. The van der Waals surface area contributed by atoms with E-state index < -0.39 is 11.9 Å². The molecule has 0 radical (unpaired) electrons. The van der Waals surface area contributed by atoms with E-state index in [9.17, 15) is 19.8 Å². The minimum atomic E-state index is -0.991. The summed E-state index contributed by atoms with van der Waals surface area (Å²) in [6.45, 7) is 5.63. The smallest absolute Gasteiger partial charge is 0.550 e. The van der Waals surface area contributed by atoms with Crippen LogP contribution in [0.4, 0.5) is 22.7 Å². The Morgan fingerprint density at radius 3 is 1.00 bits per heavy atom. The largest absolute Gasteiger partial charge is 2.00 e. The first kappa shape index (κ1) is 54.7. The second kappa shape index (κ2) is 35.9. The zero-order chi connectivity index (χ0) is 44.3. The van der Waals surface area contributed by atoms with Crippen molar-refractivity contribution in [1.29, 1.82) is 0 Å². The molecule has 0 aliphatic carbocycles. The number of hydrogen-bond acceptors (Lipinski definition) is 10. The van der Waals surface area contributed by atoms with Crippen molar-refractivity contribution in [2.75, 3.05) is 13.2 Å². The van der Waals surface area contributed by atoms with Gasteiger partial charge in [-0.3, -0.25) is 0 Å². The molecule has 0 aliphatic rings. The first-order valence-electron chi connectivity index (χ1n) is 23.2. The van der Waals surface area contributed by atoms with Crippen LogP contribution in [0.15, 0.2) is 118 Å². The van der Waals surface area contributed by atoms with E-state index in [2.05, 4.69) is 58.6 Å². The number of carbonyl (C=O) groups excluding carboxylic acids is 2. The number of azo groups is 2. The molecule has 63 heavy (non-hydrogen) atoms. The minimum absolute atomic E-state index is 0. The second-order valence-electron chi connectivity index (χ2n) is 15.8. The Morgan fingerprint density at radius 1 is 0.397 bits per heavy atom. The second-order valence-corrected chi connectivity index (χ2v) is 15.8. The minimum Gasteiger partial charge on any atom is -0.550 e. The zero-order valence-electron chi connectivity index (χ0n) is 38.2. The molecular weight excluding hydrogens is 889 g/mol. The number of carbonyl (C=O) groups is 2. The van der Waals surface area contributed by atoms with E-state index in [4.69, 9.17) is 9.47 Å². The Labute approximate surface area is 397 Å². The Kier molecular flexibility index (Phi) is 31.2. The number of nitrogens with zero attached hydrogens (tertiary/aromatic N) is 4. The van der Waals surface area contributed by atoms with E-state index in [1.54, 1.807) is 0 Å². The topological polar surface area (TPSA) is 148 Å². The standard InChI is InChI=1S/2C26H36N2O3.Cd/c2*1-2-3-4-5-6-8-11-22-13-15-23(16-14-22)27-28-24-17-19-25(20-18-24)31-21-10-7-9-12-26(29)30;/h2*13-20H,2-12,21H2,1H3,(H,29,30);/q;;+2/p-2. The summed E-state index contributed by atoms with van der Waals surface area (Å²) in [7, 11) is 0. The molecule has 0 atom stereocenters. The Bertz CT molecular complexity index is 1680. The molecule has 4 rings (SSSR count). The molecule has 0 bridgehead atoms. The molecule has 0 amide bonds. The van der Waals surface area contributed by atoms with Crippen LogP contribution < -0.4 is 19.7 Å². The van der Waals surface area contributed by atoms with Gasteiger partial charge < -0.3 is 29.3 Å². The first-order valence-corrected chi connectivity index (χ1v) is 23.2. The number of rotatable bonds is 32. The number of ether oxygens (including phenoxy) is 2. The normalized spacial score (nSPS) is 11.0. The fourth-order valence-corrected chi connectivity index (χ4v) is 6.60. The van der Waals surface area contributed by atoms with Gasteiger partial charge in [0, 0.05) is 11.9 Å². The summed E-state index contributed by atoms with van der Waals surface area (Å²) in [6.07, 6.45) is 22.8. The van der Waals surface area contributed by atoms with E-state index in [1.807, 2.05) is 72.8 Å². The van der Waals surface area contributed by atoms with Gasteiger partial charge in [0.1, 0.15) is 11.5 Å². The van der Waals surface area contributed by atoms with Crippen molar-refractivity contribution in [3.8, 4) is 11.5 Å². The molecule has 0 N–H and O–H groups in total. The van der Waals surface area contributed by atoms with Gasteiger partial charge in [-0.2, -0.15) is 20.5 Å². The van der Waals surface area contributed by atoms with Crippen LogP contribution in [-0.4, -0.2) is 25.2 Å². The van der Waals surface area contributed by atoms with Gasteiger partial charge in [-0.1, -0.05) is 102 Å². The van der Waals surface area contributed by atoms with Crippen LogP contribution in [0.1, 0.15) is 153 Å². The predicted molar refractivity (Wildman–Crippen MR) is 246 cm³/mol. The van der Waals surface area contributed by atoms with Crippen LogP contribution in [0, 0.1) is 0 Å². The SMILES string of the molecule is CCCCCCCCc1ccc(N=Nc2ccc(OCCCCCC(=O)[O-])cc2)cc1.CCCCCCCCc1ccc(N=Nc2ccc(OCCCCCC(=O)[O-])cc2)cc1.[Cd+2]. The summed E-state index contributed by atoms with van der Waals surface area (Å²) in [5.74, 6) is -0.430. The molecule has 10 nitrogen and oxygen atoms in total. The summed E-state index contributed by atoms with van der Waals surface area (Å²) < 4.78 is 11.3. The van der Waals surface area contributed by atoms with Gasteiger partial charge in [-0.15, -0.1) is 0 Å².